The second kappa shape index (κ2) is 6.28. The summed E-state index contributed by atoms with van der Waals surface area (Å²) in [5.41, 5.74) is 0. The molecule has 3 aromatic rings. The third-order valence-corrected chi connectivity index (χ3v) is 3.31. The molecular formula is C18H13O2Si. The fraction of sp³-hybridized carbons (Fsp3) is 0. The van der Waals surface area contributed by atoms with E-state index in [0.29, 0.717) is 11.5 Å². The lowest BCUT2D eigenvalue weighted by Crippen LogP contribution is -2.07. The Morgan fingerprint density at radius 2 is 1.14 bits per heavy atom. The fourth-order valence-corrected chi connectivity index (χ4v) is 2.19. The molecule has 0 aliphatic heterocycles. The van der Waals surface area contributed by atoms with Crippen LogP contribution in [0.4, 0.5) is 0 Å². The minimum Gasteiger partial charge on any atom is -0.454 e. The number of hydrogen-bond acceptors (Lipinski definition) is 2. The smallest absolute Gasteiger partial charge is 0.169 e. The zero-order valence-electron chi connectivity index (χ0n) is 11.3. The largest absolute Gasteiger partial charge is 0.454 e. The monoisotopic (exact) mass is 289 g/mol. The molecule has 0 atom stereocenters. The van der Waals surface area contributed by atoms with E-state index in [0.717, 1.165) is 16.7 Å². The lowest BCUT2D eigenvalue weighted by atomic mass is 10.3. The first-order valence-corrected chi connectivity index (χ1v) is 7.13. The molecule has 3 heteroatoms. The van der Waals surface area contributed by atoms with Crippen molar-refractivity contribution in [2.45, 2.75) is 0 Å². The molecule has 0 saturated carbocycles. The van der Waals surface area contributed by atoms with Crippen LogP contribution in [0.25, 0.3) is 0 Å². The van der Waals surface area contributed by atoms with Crippen molar-refractivity contribution in [1.29, 1.82) is 0 Å². The van der Waals surface area contributed by atoms with Crippen molar-refractivity contribution in [2.75, 3.05) is 0 Å². The Hall–Kier alpha value is -2.52. The molecule has 0 aromatic heterocycles. The van der Waals surface area contributed by atoms with E-state index in [4.69, 9.17) is 9.47 Å². The van der Waals surface area contributed by atoms with Gasteiger partial charge in [0.15, 0.2) is 11.5 Å². The van der Waals surface area contributed by atoms with Crippen LogP contribution in [0.5, 0.6) is 23.0 Å². The molecule has 0 aliphatic rings. The molecule has 3 aromatic carbocycles. The highest BCUT2D eigenvalue weighted by atomic mass is 28.1. The molecule has 0 heterocycles. The first-order chi connectivity index (χ1) is 10.3. The van der Waals surface area contributed by atoms with Crippen molar-refractivity contribution in [2.24, 2.45) is 0 Å². The van der Waals surface area contributed by atoms with Gasteiger partial charge in [-0.3, -0.25) is 0 Å². The molecule has 21 heavy (non-hydrogen) atoms. The van der Waals surface area contributed by atoms with Crippen LogP contribution in [0.1, 0.15) is 0 Å². The second-order valence-corrected chi connectivity index (χ2v) is 5.00. The van der Waals surface area contributed by atoms with Gasteiger partial charge in [0, 0.05) is 0 Å². The van der Waals surface area contributed by atoms with Crippen LogP contribution in [0.2, 0.25) is 0 Å². The van der Waals surface area contributed by atoms with Crippen molar-refractivity contribution in [3.63, 3.8) is 0 Å². The third kappa shape index (κ3) is 3.33. The first kappa shape index (κ1) is 13.5. The molecule has 101 valence electrons. The van der Waals surface area contributed by atoms with Crippen LogP contribution < -0.4 is 14.7 Å². The standard InChI is InChI=1S/C18H13O2Si/c21-17-13-7-12-16(19-14-8-3-1-4-9-14)18(17)20-15-10-5-2-6-11-15/h1-13H. The van der Waals surface area contributed by atoms with Gasteiger partial charge >= 0.3 is 0 Å². The summed E-state index contributed by atoms with van der Waals surface area (Å²) in [7, 11) is 3.57. The Morgan fingerprint density at radius 3 is 1.76 bits per heavy atom. The predicted octanol–water partition coefficient (Wildman–Crippen LogP) is 4.07. The molecule has 3 rings (SSSR count). The van der Waals surface area contributed by atoms with Crippen LogP contribution in [0.3, 0.4) is 0 Å². The van der Waals surface area contributed by atoms with Gasteiger partial charge in [0.1, 0.15) is 11.5 Å². The normalized spacial score (nSPS) is 10.1. The Labute approximate surface area is 127 Å². The number of rotatable bonds is 4. The maximum absolute atomic E-state index is 5.94. The minimum atomic E-state index is 0.657. The van der Waals surface area contributed by atoms with Crippen molar-refractivity contribution in [3.8, 4) is 23.0 Å². The molecule has 0 unspecified atom stereocenters. The molecule has 3 radical (unpaired) electrons. The third-order valence-electron chi connectivity index (χ3n) is 2.91. The molecule has 0 amide bonds. The molecule has 0 fully saturated rings. The van der Waals surface area contributed by atoms with Crippen molar-refractivity contribution in [3.05, 3.63) is 78.9 Å². The van der Waals surface area contributed by atoms with Gasteiger partial charge in [-0.15, -0.1) is 0 Å². The summed E-state index contributed by atoms with van der Waals surface area (Å²) in [6.45, 7) is 0. The molecule has 0 saturated heterocycles. The zero-order valence-corrected chi connectivity index (χ0v) is 12.3. The Morgan fingerprint density at radius 1 is 0.571 bits per heavy atom. The predicted molar refractivity (Wildman–Crippen MR) is 84.9 cm³/mol. The van der Waals surface area contributed by atoms with Gasteiger partial charge in [-0.05, 0) is 35.5 Å². The van der Waals surface area contributed by atoms with E-state index in [-0.39, 0.29) is 0 Å². The molecular weight excluding hydrogens is 276 g/mol. The minimum absolute atomic E-state index is 0.657. The lowest BCUT2D eigenvalue weighted by Gasteiger charge is -2.14. The van der Waals surface area contributed by atoms with Gasteiger partial charge in [-0.1, -0.05) is 48.5 Å². The Bertz CT molecular complexity index is 712. The summed E-state index contributed by atoms with van der Waals surface area (Å²) in [4.78, 5) is 0. The maximum Gasteiger partial charge on any atom is 0.169 e. The maximum atomic E-state index is 5.94. The summed E-state index contributed by atoms with van der Waals surface area (Å²) in [5.74, 6) is 2.86. The van der Waals surface area contributed by atoms with Gasteiger partial charge in [-0.25, -0.2) is 0 Å². The van der Waals surface area contributed by atoms with E-state index < -0.39 is 0 Å². The highest BCUT2D eigenvalue weighted by Crippen LogP contribution is 2.32. The van der Waals surface area contributed by atoms with Crippen LogP contribution >= 0.6 is 0 Å². The summed E-state index contributed by atoms with van der Waals surface area (Å²) in [5, 5.41) is 0.840. The van der Waals surface area contributed by atoms with Gasteiger partial charge in [0.25, 0.3) is 0 Å². The highest BCUT2D eigenvalue weighted by molar-refractivity contribution is 6.34. The SMILES string of the molecule is [Si]c1cccc(Oc2ccccc2)c1Oc1ccccc1. The Kier molecular flexibility index (Phi) is 4.03. The lowest BCUT2D eigenvalue weighted by molar-refractivity contribution is 0.421. The number of hydrogen-bond donors (Lipinski definition) is 0. The van der Waals surface area contributed by atoms with E-state index in [2.05, 4.69) is 10.2 Å². The summed E-state index contributed by atoms with van der Waals surface area (Å²) in [6, 6.07) is 25.0. The average molecular weight is 289 g/mol. The topological polar surface area (TPSA) is 18.5 Å². The van der Waals surface area contributed by atoms with E-state index in [1.54, 1.807) is 0 Å². The van der Waals surface area contributed by atoms with Crippen LogP contribution in [0.15, 0.2) is 78.9 Å². The van der Waals surface area contributed by atoms with Gasteiger partial charge in [-0.2, -0.15) is 0 Å². The molecule has 2 nitrogen and oxygen atoms in total. The summed E-state index contributed by atoms with van der Waals surface area (Å²) >= 11 is 0. The quantitative estimate of drug-likeness (QED) is 0.674. The highest BCUT2D eigenvalue weighted by Gasteiger charge is 2.10. The van der Waals surface area contributed by atoms with E-state index in [1.165, 1.54) is 0 Å². The van der Waals surface area contributed by atoms with Gasteiger partial charge in [0.2, 0.25) is 0 Å². The van der Waals surface area contributed by atoms with E-state index >= 15 is 0 Å². The van der Waals surface area contributed by atoms with Crippen LogP contribution in [-0.2, 0) is 0 Å². The van der Waals surface area contributed by atoms with Gasteiger partial charge < -0.3 is 9.47 Å². The van der Waals surface area contributed by atoms with E-state index in [9.17, 15) is 0 Å². The number of ether oxygens (including phenoxy) is 2. The fourth-order valence-electron chi connectivity index (χ4n) is 1.92. The van der Waals surface area contributed by atoms with Crippen LogP contribution in [-0.4, -0.2) is 10.2 Å². The molecule has 0 spiro atoms. The average Bonchev–Trinajstić information content (AvgIpc) is 2.53. The second-order valence-electron chi connectivity index (χ2n) is 4.46. The number of benzene rings is 3. The van der Waals surface area contributed by atoms with Crippen LogP contribution in [0, 0.1) is 0 Å². The van der Waals surface area contributed by atoms with Crippen molar-refractivity contribution < 1.29 is 9.47 Å². The zero-order chi connectivity index (χ0) is 14.5. The molecule has 0 bridgehead atoms. The molecule has 0 N–H and O–H groups in total. The number of para-hydroxylation sites is 3. The summed E-state index contributed by atoms with van der Waals surface area (Å²) in [6.07, 6.45) is 0. The van der Waals surface area contributed by atoms with E-state index in [1.807, 2.05) is 78.9 Å². The first-order valence-electron chi connectivity index (χ1n) is 6.63. The Balaban J connectivity index is 1.92. The molecule has 0 aliphatic carbocycles. The van der Waals surface area contributed by atoms with Crippen molar-refractivity contribution >= 4 is 15.4 Å². The summed E-state index contributed by atoms with van der Waals surface area (Å²) < 4.78 is 11.8. The van der Waals surface area contributed by atoms with Crippen molar-refractivity contribution in [1.82, 2.24) is 0 Å². The van der Waals surface area contributed by atoms with Gasteiger partial charge in [0.05, 0.1) is 10.2 Å².